The minimum absolute atomic E-state index is 0.0760. The highest BCUT2D eigenvalue weighted by atomic mass is 35.5. The third kappa shape index (κ3) is 5.41. The number of nitrogens with zero attached hydrogens (tertiary/aromatic N) is 5. The summed E-state index contributed by atoms with van der Waals surface area (Å²) >= 11 is 6.48. The Labute approximate surface area is 193 Å². The van der Waals surface area contributed by atoms with Crippen molar-refractivity contribution in [3.05, 3.63) is 56.5 Å². The molecule has 0 radical (unpaired) electrons. The fourth-order valence-corrected chi connectivity index (χ4v) is 3.78. The molecular formula is C19H13ClF3N7O2S. The molecule has 170 valence electrons. The maximum atomic E-state index is 13.0. The quantitative estimate of drug-likeness (QED) is 0.486. The van der Waals surface area contributed by atoms with Crippen LogP contribution in [-0.4, -0.2) is 31.6 Å². The van der Waals surface area contributed by atoms with E-state index in [1.54, 1.807) is 13.0 Å². The van der Waals surface area contributed by atoms with Gasteiger partial charge in [-0.15, -0.1) is 11.3 Å². The molecule has 0 aromatic carbocycles. The van der Waals surface area contributed by atoms with Crippen LogP contribution >= 0.6 is 22.9 Å². The lowest BCUT2D eigenvalue weighted by Gasteiger charge is -2.10. The number of thiazole rings is 1. The molecule has 0 aliphatic carbocycles. The lowest BCUT2D eigenvalue weighted by molar-refractivity contribution is -0.137. The summed E-state index contributed by atoms with van der Waals surface area (Å²) in [5.74, 6) is -2.08. The molecule has 14 heteroatoms. The molecule has 0 saturated heterocycles. The van der Waals surface area contributed by atoms with Crippen LogP contribution in [0.4, 0.5) is 24.8 Å². The monoisotopic (exact) mass is 495 g/mol. The number of carbonyl (C=O) groups excluding carboxylic acids is 2. The van der Waals surface area contributed by atoms with E-state index in [9.17, 15) is 22.8 Å². The zero-order chi connectivity index (χ0) is 24.3. The van der Waals surface area contributed by atoms with Crippen molar-refractivity contribution >= 4 is 46.3 Å². The van der Waals surface area contributed by atoms with E-state index in [0.29, 0.717) is 11.1 Å². The minimum Gasteiger partial charge on any atom is -0.382 e. The Balaban J connectivity index is 1.72. The van der Waals surface area contributed by atoms with Crippen molar-refractivity contribution in [1.82, 2.24) is 19.9 Å². The number of nitrogens with two attached hydrogens (primary N) is 1. The van der Waals surface area contributed by atoms with Gasteiger partial charge in [-0.2, -0.15) is 18.4 Å². The SMILES string of the molecule is C[C@@H](CC(=O)c1ncnc(N)c1C#N)c1ncc(C(=O)Nc2cc(C(F)(F)F)c(Cl)cn2)s1. The molecule has 3 aromatic rings. The van der Waals surface area contributed by atoms with Crippen LogP contribution in [0.3, 0.4) is 0 Å². The number of nitriles is 1. The number of halogens is 4. The Hall–Kier alpha value is -3.63. The van der Waals surface area contributed by atoms with E-state index < -0.39 is 34.4 Å². The Morgan fingerprint density at radius 3 is 2.67 bits per heavy atom. The van der Waals surface area contributed by atoms with Crippen molar-refractivity contribution in [2.24, 2.45) is 0 Å². The van der Waals surface area contributed by atoms with Crippen molar-refractivity contribution in [3.63, 3.8) is 0 Å². The molecular weight excluding hydrogens is 483 g/mol. The third-order valence-electron chi connectivity index (χ3n) is 4.32. The van der Waals surface area contributed by atoms with E-state index in [2.05, 4.69) is 25.3 Å². The summed E-state index contributed by atoms with van der Waals surface area (Å²) in [6, 6.07) is 2.42. The maximum Gasteiger partial charge on any atom is 0.418 e. The molecule has 1 amide bonds. The number of rotatable bonds is 6. The third-order valence-corrected chi connectivity index (χ3v) is 5.84. The summed E-state index contributed by atoms with van der Waals surface area (Å²) in [6.45, 7) is 1.69. The molecule has 0 saturated carbocycles. The zero-order valence-electron chi connectivity index (χ0n) is 16.6. The highest BCUT2D eigenvalue weighted by Gasteiger charge is 2.34. The minimum atomic E-state index is -4.71. The zero-order valence-corrected chi connectivity index (χ0v) is 18.2. The summed E-state index contributed by atoms with van der Waals surface area (Å²) in [4.78, 5) is 40.4. The fourth-order valence-electron chi connectivity index (χ4n) is 2.71. The molecule has 0 aliphatic heterocycles. The van der Waals surface area contributed by atoms with Crippen molar-refractivity contribution in [1.29, 1.82) is 5.26 Å². The molecule has 33 heavy (non-hydrogen) atoms. The normalized spacial score (nSPS) is 12.1. The molecule has 0 spiro atoms. The number of nitrogens with one attached hydrogen (secondary N) is 1. The van der Waals surface area contributed by atoms with Gasteiger partial charge >= 0.3 is 6.18 Å². The summed E-state index contributed by atoms with van der Waals surface area (Å²) in [6.07, 6.45) is -1.68. The van der Waals surface area contributed by atoms with Crippen LogP contribution in [0.25, 0.3) is 0 Å². The molecule has 3 heterocycles. The van der Waals surface area contributed by atoms with Gasteiger partial charge in [0.15, 0.2) is 5.78 Å². The first-order chi connectivity index (χ1) is 15.5. The van der Waals surface area contributed by atoms with Crippen molar-refractivity contribution < 1.29 is 22.8 Å². The van der Waals surface area contributed by atoms with Gasteiger partial charge in [-0.3, -0.25) is 9.59 Å². The Morgan fingerprint density at radius 2 is 2.00 bits per heavy atom. The van der Waals surface area contributed by atoms with E-state index in [0.717, 1.165) is 23.9 Å². The molecule has 9 nitrogen and oxygen atoms in total. The number of Topliss-reactive ketones (excluding diaryl/α,β-unsaturated/α-hetero) is 1. The second-order valence-electron chi connectivity index (χ2n) is 6.69. The lowest BCUT2D eigenvalue weighted by Crippen LogP contribution is -2.13. The first-order valence-electron chi connectivity index (χ1n) is 9.04. The Morgan fingerprint density at radius 1 is 1.27 bits per heavy atom. The van der Waals surface area contributed by atoms with Crippen LogP contribution in [-0.2, 0) is 6.18 Å². The molecule has 3 rings (SSSR count). The van der Waals surface area contributed by atoms with Crippen LogP contribution in [0.15, 0.2) is 24.8 Å². The predicted molar refractivity (Wildman–Crippen MR) is 113 cm³/mol. The second kappa shape index (κ2) is 9.47. The van der Waals surface area contributed by atoms with E-state index in [1.165, 1.54) is 6.20 Å². The van der Waals surface area contributed by atoms with Gasteiger partial charge in [-0.1, -0.05) is 18.5 Å². The second-order valence-corrected chi connectivity index (χ2v) is 8.16. The summed E-state index contributed by atoms with van der Waals surface area (Å²) in [7, 11) is 0. The Bertz CT molecular complexity index is 1270. The number of anilines is 2. The topological polar surface area (TPSA) is 148 Å². The van der Waals surface area contributed by atoms with Gasteiger partial charge in [0, 0.05) is 18.5 Å². The van der Waals surface area contributed by atoms with Crippen molar-refractivity contribution in [3.8, 4) is 6.07 Å². The number of pyridine rings is 1. The van der Waals surface area contributed by atoms with E-state index in [1.807, 2.05) is 0 Å². The van der Waals surface area contributed by atoms with E-state index >= 15 is 0 Å². The highest BCUT2D eigenvalue weighted by Crippen LogP contribution is 2.35. The van der Waals surface area contributed by atoms with Gasteiger partial charge in [0.2, 0.25) is 0 Å². The predicted octanol–water partition coefficient (Wildman–Crippen LogP) is 4.08. The number of ketones is 1. The number of amides is 1. The van der Waals surface area contributed by atoms with E-state index in [-0.39, 0.29) is 34.2 Å². The van der Waals surface area contributed by atoms with Crippen LogP contribution in [0, 0.1) is 11.3 Å². The van der Waals surface area contributed by atoms with Gasteiger partial charge in [0.05, 0.1) is 21.8 Å². The number of nitrogen functional groups attached to an aromatic ring is 1. The number of hydrogen-bond acceptors (Lipinski definition) is 9. The van der Waals surface area contributed by atoms with Crippen molar-refractivity contribution in [2.75, 3.05) is 11.1 Å². The van der Waals surface area contributed by atoms with Gasteiger partial charge in [0.25, 0.3) is 5.91 Å². The average Bonchev–Trinajstić information content (AvgIpc) is 3.24. The molecule has 3 N–H and O–H groups in total. The molecule has 3 aromatic heterocycles. The lowest BCUT2D eigenvalue weighted by atomic mass is 10.0. The molecule has 1 atom stereocenters. The van der Waals surface area contributed by atoms with Gasteiger partial charge < -0.3 is 11.1 Å². The molecule has 0 aliphatic rings. The van der Waals surface area contributed by atoms with Crippen molar-refractivity contribution in [2.45, 2.75) is 25.4 Å². The van der Waals surface area contributed by atoms with E-state index in [4.69, 9.17) is 22.6 Å². The Kier molecular flexibility index (Phi) is 6.89. The van der Waals surface area contributed by atoms with Gasteiger partial charge in [-0.25, -0.2) is 19.9 Å². The molecule has 0 unspecified atom stereocenters. The van der Waals surface area contributed by atoms with Gasteiger partial charge in [-0.05, 0) is 6.07 Å². The standard InChI is InChI=1S/C19H13ClF3N7O2S/c1-8(2-12(31)15-9(4-24)16(25)29-7-28-15)18-27-6-13(33-18)17(32)30-14-3-10(19(21,22)23)11(20)5-26-14/h3,5-8H,2H2,1H3,(H2,25,28,29)(H,26,30,32)/t8-/m0/s1. The first kappa shape index (κ1) is 24.0. The van der Waals surface area contributed by atoms with Crippen LogP contribution in [0.2, 0.25) is 5.02 Å². The fraction of sp³-hybridized carbons (Fsp3) is 0.211. The summed E-state index contributed by atoms with van der Waals surface area (Å²) in [5, 5.41) is 11.3. The highest BCUT2D eigenvalue weighted by molar-refractivity contribution is 7.13. The largest absolute Gasteiger partial charge is 0.418 e. The molecule has 0 bridgehead atoms. The average molecular weight is 496 g/mol. The van der Waals surface area contributed by atoms with Crippen LogP contribution < -0.4 is 11.1 Å². The van der Waals surface area contributed by atoms with Gasteiger partial charge in [0.1, 0.15) is 40.2 Å². The van der Waals surface area contributed by atoms with Crippen LogP contribution in [0.5, 0.6) is 0 Å². The summed E-state index contributed by atoms with van der Waals surface area (Å²) < 4.78 is 39.0. The number of carbonyl (C=O) groups is 2. The molecule has 0 fully saturated rings. The maximum absolute atomic E-state index is 13.0. The number of aromatic nitrogens is 4. The summed E-state index contributed by atoms with van der Waals surface area (Å²) in [5.41, 5.74) is 4.23. The number of hydrogen-bond donors (Lipinski definition) is 2. The smallest absolute Gasteiger partial charge is 0.382 e. The number of alkyl halides is 3. The van der Waals surface area contributed by atoms with Crippen LogP contribution in [0.1, 0.15) is 55.6 Å². The first-order valence-corrected chi connectivity index (χ1v) is 10.2.